The van der Waals surface area contributed by atoms with Crippen molar-refractivity contribution >= 4 is 27.7 Å². The van der Waals surface area contributed by atoms with E-state index in [9.17, 15) is 8.42 Å². The van der Waals surface area contributed by atoms with Crippen molar-refractivity contribution in [2.75, 3.05) is 45.8 Å². The quantitative estimate of drug-likeness (QED) is 0.809. The van der Waals surface area contributed by atoms with E-state index >= 15 is 0 Å². The number of hydrogen-bond acceptors (Lipinski definition) is 4. The van der Waals surface area contributed by atoms with Gasteiger partial charge in [-0.25, -0.2) is 13.1 Å². The summed E-state index contributed by atoms with van der Waals surface area (Å²) in [7, 11) is -3.41. The fraction of sp³-hybridized carbons (Fsp3) is 0.500. The first-order chi connectivity index (χ1) is 11.0. The van der Waals surface area contributed by atoms with Crippen LogP contribution in [0.3, 0.4) is 0 Å². The second-order valence-corrected chi connectivity index (χ2v) is 7.66. The fourth-order valence-corrected chi connectivity index (χ4v) is 3.40. The van der Waals surface area contributed by atoms with E-state index in [0.29, 0.717) is 11.6 Å². The molecule has 2 rings (SSSR count). The number of nitrogens with zero attached hydrogens (tertiary/aromatic N) is 2. The number of benzene rings is 1. The van der Waals surface area contributed by atoms with Crippen molar-refractivity contribution in [3.05, 3.63) is 40.3 Å². The lowest BCUT2D eigenvalue weighted by Crippen LogP contribution is -2.48. The van der Waals surface area contributed by atoms with E-state index in [1.54, 1.807) is 30.3 Å². The third-order valence-electron chi connectivity index (χ3n) is 3.95. The molecular weight excluding hydrogens is 334 g/mol. The van der Waals surface area contributed by atoms with E-state index in [1.165, 1.54) is 5.41 Å². The smallest absolute Gasteiger partial charge is 0.233 e. The number of hydrogen-bond donors (Lipinski definition) is 1. The highest BCUT2D eigenvalue weighted by atomic mass is 35.5. The minimum absolute atomic E-state index is 0.430. The van der Waals surface area contributed by atoms with Crippen molar-refractivity contribution in [3.8, 4) is 0 Å². The Hall–Kier alpha value is -0.920. The van der Waals surface area contributed by atoms with Gasteiger partial charge < -0.3 is 4.90 Å². The summed E-state index contributed by atoms with van der Waals surface area (Å²) in [5.74, 6) is 0. The highest BCUT2D eigenvalue weighted by molar-refractivity contribution is 7.92. The molecule has 0 radical (unpaired) electrons. The monoisotopic (exact) mass is 357 g/mol. The number of sulfonamides is 1. The van der Waals surface area contributed by atoms with Crippen LogP contribution in [0, 0.1) is 0 Å². The molecule has 23 heavy (non-hydrogen) atoms. The van der Waals surface area contributed by atoms with E-state index in [-0.39, 0.29) is 0 Å². The lowest BCUT2D eigenvalue weighted by atomic mass is 10.2. The Morgan fingerprint density at radius 3 is 2.35 bits per heavy atom. The molecular formula is C16H24ClN3O2S. The van der Waals surface area contributed by atoms with Crippen LogP contribution in [0.25, 0.3) is 6.08 Å². The zero-order valence-corrected chi connectivity index (χ0v) is 15.0. The molecule has 0 amide bonds. The average molecular weight is 358 g/mol. The Labute approximate surface area is 144 Å². The summed E-state index contributed by atoms with van der Waals surface area (Å²) < 4.78 is 26.5. The van der Waals surface area contributed by atoms with Crippen LogP contribution >= 0.6 is 11.6 Å². The van der Waals surface area contributed by atoms with E-state index < -0.39 is 10.0 Å². The van der Waals surface area contributed by atoms with Gasteiger partial charge in [-0.05, 0) is 30.3 Å². The third kappa shape index (κ3) is 6.61. The maximum atomic E-state index is 12.0. The lowest BCUT2D eigenvalue weighted by molar-refractivity contribution is 0.139. The Balaban J connectivity index is 1.75. The van der Waals surface area contributed by atoms with Gasteiger partial charge in [-0.2, -0.15) is 0 Å². The number of likely N-dealkylation sites (N-methyl/N-ethyl adjacent to an activating group) is 1. The van der Waals surface area contributed by atoms with Gasteiger partial charge in [0, 0.05) is 49.7 Å². The number of piperazine rings is 1. The average Bonchev–Trinajstić information content (AvgIpc) is 2.55. The van der Waals surface area contributed by atoms with Gasteiger partial charge in [-0.1, -0.05) is 30.7 Å². The minimum Gasteiger partial charge on any atom is -0.301 e. The van der Waals surface area contributed by atoms with Gasteiger partial charge in [0.25, 0.3) is 0 Å². The summed E-state index contributed by atoms with van der Waals surface area (Å²) in [5, 5.41) is 1.83. The van der Waals surface area contributed by atoms with Gasteiger partial charge in [0.15, 0.2) is 0 Å². The van der Waals surface area contributed by atoms with Crippen molar-refractivity contribution in [2.24, 2.45) is 0 Å². The molecule has 0 atom stereocenters. The van der Waals surface area contributed by atoms with Crippen molar-refractivity contribution in [2.45, 2.75) is 6.92 Å². The standard InChI is InChI=1S/C16H24ClN3O2S/c1-2-19-10-12-20(13-11-19)9-8-18-23(21,22)14-7-15-3-5-16(17)6-4-15/h3-7,14,18H,2,8-13H2,1H3. The molecule has 1 fully saturated rings. The van der Waals surface area contributed by atoms with Crippen LogP contribution in [0.5, 0.6) is 0 Å². The molecule has 1 N–H and O–H groups in total. The van der Waals surface area contributed by atoms with Gasteiger partial charge in [-0.3, -0.25) is 4.90 Å². The Morgan fingerprint density at radius 1 is 1.13 bits per heavy atom. The largest absolute Gasteiger partial charge is 0.301 e. The Kier molecular flexibility index (Phi) is 7.05. The normalized spacial score (nSPS) is 17.8. The van der Waals surface area contributed by atoms with Crippen molar-refractivity contribution < 1.29 is 8.42 Å². The van der Waals surface area contributed by atoms with E-state index in [0.717, 1.165) is 44.8 Å². The molecule has 0 saturated carbocycles. The molecule has 0 unspecified atom stereocenters. The second-order valence-electron chi connectivity index (χ2n) is 5.57. The summed E-state index contributed by atoms with van der Waals surface area (Å²) in [4.78, 5) is 4.69. The molecule has 0 aromatic heterocycles. The molecule has 1 heterocycles. The van der Waals surface area contributed by atoms with E-state index in [2.05, 4.69) is 21.4 Å². The molecule has 7 heteroatoms. The summed E-state index contributed by atoms with van der Waals surface area (Å²) in [6, 6.07) is 7.03. The molecule has 1 aliphatic rings. The van der Waals surface area contributed by atoms with Crippen LogP contribution in [0.2, 0.25) is 5.02 Å². The van der Waals surface area contributed by atoms with Gasteiger partial charge >= 0.3 is 0 Å². The summed E-state index contributed by atoms with van der Waals surface area (Å²) in [5.41, 5.74) is 0.801. The number of rotatable bonds is 7. The maximum absolute atomic E-state index is 12.0. The highest BCUT2D eigenvalue weighted by Crippen LogP contribution is 2.11. The lowest BCUT2D eigenvalue weighted by Gasteiger charge is -2.33. The molecule has 128 valence electrons. The fourth-order valence-electron chi connectivity index (χ4n) is 2.47. The predicted octanol–water partition coefficient (Wildman–Crippen LogP) is 1.87. The molecule has 1 aromatic rings. The van der Waals surface area contributed by atoms with Crippen LogP contribution < -0.4 is 4.72 Å². The summed E-state index contributed by atoms with van der Waals surface area (Å²) in [6.45, 7) is 8.52. The summed E-state index contributed by atoms with van der Waals surface area (Å²) in [6.07, 6.45) is 1.57. The zero-order valence-electron chi connectivity index (χ0n) is 13.4. The minimum atomic E-state index is -3.41. The SMILES string of the molecule is CCN1CCN(CCNS(=O)(=O)C=Cc2ccc(Cl)cc2)CC1. The zero-order chi connectivity index (χ0) is 16.7. The van der Waals surface area contributed by atoms with Crippen molar-refractivity contribution in [1.29, 1.82) is 0 Å². The Bertz CT molecular complexity index is 609. The first-order valence-electron chi connectivity index (χ1n) is 7.86. The van der Waals surface area contributed by atoms with Crippen LogP contribution in [0.4, 0.5) is 0 Å². The first kappa shape index (κ1) is 18.4. The van der Waals surface area contributed by atoms with E-state index in [1.807, 2.05) is 0 Å². The Morgan fingerprint density at radius 2 is 1.74 bits per heavy atom. The number of halogens is 1. The molecule has 0 aliphatic carbocycles. The van der Waals surface area contributed by atoms with Gasteiger partial charge in [0.05, 0.1) is 0 Å². The first-order valence-corrected chi connectivity index (χ1v) is 9.79. The molecule has 0 spiro atoms. The molecule has 1 saturated heterocycles. The highest BCUT2D eigenvalue weighted by Gasteiger charge is 2.15. The topological polar surface area (TPSA) is 52.6 Å². The van der Waals surface area contributed by atoms with E-state index in [4.69, 9.17) is 11.6 Å². The predicted molar refractivity (Wildman–Crippen MR) is 96.0 cm³/mol. The molecule has 1 aromatic carbocycles. The second kappa shape index (κ2) is 8.80. The third-order valence-corrected chi connectivity index (χ3v) is 5.31. The molecule has 5 nitrogen and oxygen atoms in total. The van der Waals surface area contributed by atoms with Gasteiger partial charge in [0.2, 0.25) is 10.0 Å². The van der Waals surface area contributed by atoms with Crippen molar-refractivity contribution in [1.82, 2.24) is 14.5 Å². The number of nitrogens with one attached hydrogen (secondary N) is 1. The van der Waals surface area contributed by atoms with Crippen molar-refractivity contribution in [3.63, 3.8) is 0 Å². The van der Waals surface area contributed by atoms with Crippen LogP contribution in [-0.2, 0) is 10.0 Å². The van der Waals surface area contributed by atoms with Crippen LogP contribution in [0.1, 0.15) is 12.5 Å². The summed E-state index contributed by atoms with van der Waals surface area (Å²) >= 11 is 5.80. The van der Waals surface area contributed by atoms with Crippen LogP contribution in [0.15, 0.2) is 29.7 Å². The molecule has 1 aliphatic heterocycles. The van der Waals surface area contributed by atoms with Gasteiger partial charge in [0.1, 0.15) is 0 Å². The molecule has 0 bridgehead atoms. The maximum Gasteiger partial charge on any atom is 0.233 e. The van der Waals surface area contributed by atoms with Gasteiger partial charge in [-0.15, -0.1) is 0 Å². The van der Waals surface area contributed by atoms with Crippen LogP contribution in [-0.4, -0.2) is 64.0 Å².